The van der Waals surface area contributed by atoms with Crippen LogP contribution >= 0.6 is 11.3 Å². The first-order chi connectivity index (χ1) is 13.8. The molecule has 4 heterocycles. The highest BCUT2D eigenvalue weighted by atomic mass is 32.1. The molecule has 7 nitrogen and oxygen atoms in total. The summed E-state index contributed by atoms with van der Waals surface area (Å²) < 4.78 is 13.7. The molecule has 0 spiro atoms. The van der Waals surface area contributed by atoms with Crippen LogP contribution in [0.2, 0.25) is 0 Å². The largest absolute Gasteiger partial charge is 0.454 e. The van der Waals surface area contributed by atoms with E-state index in [0.717, 1.165) is 32.2 Å². The Labute approximate surface area is 163 Å². The van der Waals surface area contributed by atoms with Crippen molar-refractivity contribution in [2.45, 2.75) is 12.3 Å². The van der Waals surface area contributed by atoms with Crippen LogP contribution in [-0.2, 0) is 4.79 Å². The summed E-state index contributed by atoms with van der Waals surface area (Å²) in [7, 11) is 0. The van der Waals surface area contributed by atoms with Gasteiger partial charge in [-0.3, -0.25) is 4.79 Å². The predicted octanol–water partition coefficient (Wildman–Crippen LogP) is 3.68. The van der Waals surface area contributed by atoms with Gasteiger partial charge in [-0.2, -0.15) is 9.78 Å². The highest BCUT2D eigenvalue weighted by molar-refractivity contribution is 7.20. The Morgan fingerprint density at radius 3 is 2.96 bits per heavy atom. The molecule has 2 aromatic carbocycles. The predicted molar refractivity (Wildman–Crippen MR) is 104 cm³/mol. The Hall–Kier alpha value is -3.39. The second-order valence-electron chi connectivity index (χ2n) is 6.74. The topological polar surface area (TPSA) is 78.3 Å². The van der Waals surface area contributed by atoms with Crippen molar-refractivity contribution >= 4 is 33.3 Å². The number of ether oxygens (including phenoxy) is 2. The number of nitrogens with zero attached hydrogens (tertiary/aromatic N) is 3. The van der Waals surface area contributed by atoms with Crippen molar-refractivity contribution in [3.8, 4) is 16.6 Å². The molecule has 0 fully saturated rings. The number of hydrogen-bond donors (Lipinski definition) is 1. The highest BCUT2D eigenvalue weighted by Gasteiger charge is 2.32. The summed E-state index contributed by atoms with van der Waals surface area (Å²) in [4.78, 5) is 17.1. The van der Waals surface area contributed by atoms with Gasteiger partial charge in [0.2, 0.25) is 17.8 Å². The van der Waals surface area contributed by atoms with E-state index >= 15 is 0 Å². The number of carbonyl (C=O) groups is 1. The molecule has 8 heteroatoms. The van der Waals surface area contributed by atoms with Crippen LogP contribution < -0.4 is 14.8 Å². The van der Waals surface area contributed by atoms with Gasteiger partial charge in [-0.05, 0) is 29.8 Å². The first-order valence-corrected chi connectivity index (χ1v) is 9.71. The molecule has 0 saturated carbocycles. The van der Waals surface area contributed by atoms with Crippen molar-refractivity contribution in [2.75, 3.05) is 12.1 Å². The number of amides is 1. The minimum atomic E-state index is -0.0959. The molecule has 28 heavy (non-hydrogen) atoms. The number of para-hydroxylation sites is 1. The average molecular weight is 390 g/mol. The maximum absolute atomic E-state index is 12.5. The van der Waals surface area contributed by atoms with Crippen molar-refractivity contribution in [3.63, 3.8) is 0 Å². The molecule has 6 rings (SSSR count). The summed E-state index contributed by atoms with van der Waals surface area (Å²) in [5, 5.41) is 8.25. The van der Waals surface area contributed by atoms with E-state index in [1.54, 1.807) is 16.0 Å². The van der Waals surface area contributed by atoms with Gasteiger partial charge in [0.15, 0.2) is 11.5 Å². The zero-order valence-corrected chi connectivity index (χ0v) is 15.4. The molecule has 138 valence electrons. The maximum Gasteiger partial charge on any atom is 0.231 e. The Morgan fingerprint density at radius 1 is 1.14 bits per heavy atom. The molecular weight excluding hydrogens is 376 g/mol. The molecule has 0 aliphatic carbocycles. The van der Waals surface area contributed by atoms with Gasteiger partial charge in [-0.25, -0.2) is 4.98 Å². The highest BCUT2D eigenvalue weighted by Crippen LogP contribution is 2.42. The van der Waals surface area contributed by atoms with Crippen LogP contribution in [0.1, 0.15) is 23.5 Å². The number of benzene rings is 2. The summed E-state index contributed by atoms with van der Waals surface area (Å²) in [6.45, 7) is 0.227. The van der Waals surface area contributed by atoms with E-state index in [-0.39, 0.29) is 18.6 Å². The Morgan fingerprint density at radius 2 is 2.04 bits per heavy atom. The minimum Gasteiger partial charge on any atom is -0.454 e. The second kappa shape index (κ2) is 5.80. The van der Waals surface area contributed by atoms with E-state index in [2.05, 4.69) is 15.4 Å². The number of aromatic nitrogens is 3. The Bertz CT molecular complexity index is 1210. The number of rotatable bonds is 2. The van der Waals surface area contributed by atoms with Crippen molar-refractivity contribution in [1.29, 1.82) is 0 Å². The van der Waals surface area contributed by atoms with Gasteiger partial charge in [0.25, 0.3) is 0 Å². The first-order valence-electron chi connectivity index (χ1n) is 8.89. The van der Waals surface area contributed by atoms with Gasteiger partial charge in [-0.15, -0.1) is 0 Å². The van der Waals surface area contributed by atoms with Gasteiger partial charge in [0.05, 0.1) is 16.4 Å². The van der Waals surface area contributed by atoms with E-state index in [1.807, 2.05) is 48.7 Å². The summed E-state index contributed by atoms with van der Waals surface area (Å²) in [6, 6.07) is 13.8. The summed E-state index contributed by atoms with van der Waals surface area (Å²) in [6.07, 6.45) is 2.17. The lowest BCUT2D eigenvalue weighted by atomic mass is 9.87. The number of anilines is 1. The number of carbonyl (C=O) groups excluding carboxylic acids is 1. The zero-order chi connectivity index (χ0) is 18.7. The van der Waals surface area contributed by atoms with Crippen molar-refractivity contribution in [1.82, 2.24) is 14.8 Å². The average Bonchev–Trinajstić information content (AvgIpc) is 3.43. The Balaban J connectivity index is 1.46. The number of fused-ring (bicyclic) bond motifs is 3. The van der Waals surface area contributed by atoms with Gasteiger partial charge in [0.1, 0.15) is 5.82 Å². The Kier molecular flexibility index (Phi) is 3.24. The molecule has 1 amide bonds. The van der Waals surface area contributed by atoms with Crippen molar-refractivity contribution < 1.29 is 14.3 Å². The molecule has 2 aromatic heterocycles. The first kappa shape index (κ1) is 15.6. The fraction of sp³-hybridized carbons (Fsp3) is 0.150. The third-order valence-corrected chi connectivity index (χ3v) is 6.09. The fourth-order valence-electron chi connectivity index (χ4n) is 3.74. The number of thiazole rings is 1. The maximum atomic E-state index is 12.5. The molecule has 2 aliphatic heterocycles. The molecule has 1 atom stereocenters. The quantitative estimate of drug-likeness (QED) is 0.565. The van der Waals surface area contributed by atoms with E-state index in [9.17, 15) is 4.79 Å². The van der Waals surface area contributed by atoms with Gasteiger partial charge in [-0.1, -0.05) is 29.5 Å². The van der Waals surface area contributed by atoms with Crippen molar-refractivity contribution in [3.05, 3.63) is 59.8 Å². The molecule has 0 unspecified atom stereocenters. The molecule has 2 aliphatic rings. The standard InChI is InChI=1S/C20H14N4O3S/c25-18-8-12(11-5-6-15-16(7-11)27-10-26-15)13-9-21-24(19(13)23-18)20-22-14-3-1-2-4-17(14)28-20/h1-7,9,12H,8,10H2,(H,23,25)/t12-/m1/s1. The van der Waals surface area contributed by atoms with Crippen LogP contribution in [-0.4, -0.2) is 27.5 Å². The molecule has 0 saturated heterocycles. The van der Waals surface area contributed by atoms with Gasteiger partial charge >= 0.3 is 0 Å². The van der Waals surface area contributed by atoms with Gasteiger partial charge < -0.3 is 14.8 Å². The summed E-state index contributed by atoms with van der Waals surface area (Å²) in [5.74, 6) is 1.98. The lowest BCUT2D eigenvalue weighted by Crippen LogP contribution is -2.24. The van der Waals surface area contributed by atoms with E-state index in [0.29, 0.717) is 18.0 Å². The van der Waals surface area contributed by atoms with Crippen LogP contribution in [0.5, 0.6) is 11.5 Å². The van der Waals surface area contributed by atoms with E-state index < -0.39 is 0 Å². The second-order valence-corrected chi connectivity index (χ2v) is 7.75. The van der Waals surface area contributed by atoms with E-state index in [4.69, 9.17) is 9.47 Å². The normalized spacial score (nSPS) is 17.6. The summed E-state index contributed by atoms with van der Waals surface area (Å²) >= 11 is 1.54. The van der Waals surface area contributed by atoms with E-state index in [1.165, 1.54) is 0 Å². The SMILES string of the molecule is O=C1C[C@H](c2ccc3c(c2)OCO3)c2cnn(-c3nc4ccccc4s3)c2N1. The van der Waals surface area contributed by atoms with Crippen LogP contribution in [0, 0.1) is 0 Å². The molecule has 0 radical (unpaired) electrons. The molecular formula is C20H14N4O3S. The third-order valence-electron chi connectivity index (χ3n) is 5.08. The molecule has 1 N–H and O–H groups in total. The lowest BCUT2D eigenvalue weighted by Gasteiger charge is -2.23. The van der Waals surface area contributed by atoms with Crippen molar-refractivity contribution in [2.24, 2.45) is 0 Å². The summed E-state index contributed by atoms with van der Waals surface area (Å²) in [5.41, 5.74) is 2.89. The monoisotopic (exact) mass is 390 g/mol. The van der Waals surface area contributed by atoms with Gasteiger partial charge in [0, 0.05) is 17.9 Å². The zero-order valence-electron chi connectivity index (χ0n) is 14.6. The molecule has 0 bridgehead atoms. The third kappa shape index (κ3) is 2.31. The number of hydrogen-bond acceptors (Lipinski definition) is 6. The van der Waals surface area contributed by atoms with Crippen LogP contribution in [0.3, 0.4) is 0 Å². The fourth-order valence-corrected chi connectivity index (χ4v) is 4.67. The van der Waals surface area contributed by atoms with Crippen LogP contribution in [0.25, 0.3) is 15.3 Å². The van der Waals surface area contributed by atoms with Crippen LogP contribution in [0.4, 0.5) is 5.82 Å². The lowest BCUT2D eigenvalue weighted by molar-refractivity contribution is -0.116. The smallest absolute Gasteiger partial charge is 0.231 e. The number of nitrogens with one attached hydrogen (secondary N) is 1. The minimum absolute atomic E-state index is 0.0435. The molecule has 4 aromatic rings. The van der Waals surface area contributed by atoms with Crippen LogP contribution in [0.15, 0.2) is 48.7 Å².